The molecule has 2 aliphatic rings. The van der Waals surface area contributed by atoms with Gasteiger partial charge in [0, 0.05) is 31.4 Å². The molecule has 4 heterocycles. The summed E-state index contributed by atoms with van der Waals surface area (Å²) in [4.78, 5) is 33.6. The molecule has 130 valence electrons. The van der Waals surface area contributed by atoms with Gasteiger partial charge >= 0.3 is 0 Å². The Kier molecular flexibility index (Phi) is 3.63. The van der Waals surface area contributed by atoms with E-state index < -0.39 is 5.41 Å². The number of hydrogen-bond acceptors (Lipinski definition) is 4. The molecule has 0 bridgehead atoms. The zero-order valence-corrected chi connectivity index (χ0v) is 14.4. The number of nitrogens with zero attached hydrogens (tertiary/aromatic N) is 3. The quantitative estimate of drug-likeness (QED) is 0.843. The van der Waals surface area contributed by atoms with Crippen LogP contribution in [-0.4, -0.2) is 41.3 Å². The topological polar surface area (TPSA) is 66.7 Å². The Bertz CT molecular complexity index is 816. The van der Waals surface area contributed by atoms with Crippen LogP contribution >= 0.6 is 0 Å². The number of hydrogen-bond donors (Lipinski definition) is 0. The molecule has 0 aliphatic carbocycles. The van der Waals surface area contributed by atoms with Crippen LogP contribution in [0.5, 0.6) is 0 Å². The van der Waals surface area contributed by atoms with E-state index in [-0.39, 0.29) is 17.7 Å². The maximum absolute atomic E-state index is 13.2. The molecule has 0 radical (unpaired) electrons. The van der Waals surface area contributed by atoms with Crippen molar-refractivity contribution in [2.45, 2.75) is 20.3 Å². The molecule has 2 fully saturated rings. The predicted molar refractivity (Wildman–Crippen MR) is 92.2 cm³/mol. The van der Waals surface area contributed by atoms with Gasteiger partial charge in [0.2, 0.25) is 5.91 Å². The van der Waals surface area contributed by atoms with Crippen molar-refractivity contribution in [3.63, 3.8) is 0 Å². The van der Waals surface area contributed by atoms with Gasteiger partial charge in [0.05, 0.1) is 23.6 Å². The highest BCUT2D eigenvalue weighted by molar-refractivity contribution is 6.01. The van der Waals surface area contributed by atoms with Crippen molar-refractivity contribution in [2.75, 3.05) is 24.5 Å². The maximum atomic E-state index is 13.2. The smallest absolute Gasteiger partial charge is 0.289 e. The van der Waals surface area contributed by atoms with Crippen LogP contribution in [0.3, 0.4) is 0 Å². The van der Waals surface area contributed by atoms with E-state index in [1.165, 1.54) is 6.26 Å². The molecule has 0 N–H and O–H groups in total. The van der Waals surface area contributed by atoms with Crippen molar-refractivity contribution < 1.29 is 14.0 Å². The molecule has 0 unspecified atom stereocenters. The summed E-state index contributed by atoms with van der Waals surface area (Å²) in [5, 5.41) is 0. The number of amides is 2. The number of pyridine rings is 1. The van der Waals surface area contributed by atoms with E-state index in [2.05, 4.69) is 11.9 Å². The van der Waals surface area contributed by atoms with E-state index in [1.54, 1.807) is 28.3 Å². The van der Waals surface area contributed by atoms with Gasteiger partial charge in [-0.05, 0) is 37.5 Å². The van der Waals surface area contributed by atoms with Crippen LogP contribution < -0.4 is 4.90 Å². The SMILES string of the molecule is Cc1ccoc1C(=O)N1C[C@@H](C)[C@@]2(CCN(c3cccnc3)C2=O)C1. The van der Waals surface area contributed by atoms with Gasteiger partial charge in [0.25, 0.3) is 5.91 Å². The van der Waals surface area contributed by atoms with Crippen LogP contribution in [0.4, 0.5) is 5.69 Å². The Balaban J connectivity index is 1.58. The molecule has 2 saturated heterocycles. The Morgan fingerprint density at radius 2 is 2.24 bits per heavy atom. The van der Waals surface area contributed by atoms with Crippen LogP contribution in [0.1, 0.15) is 29.5 Å². The van der Waals surface area contributed by atoms with E-state index >= 15 is 0 Å². The van der Waals surface area contributed by atoms with Gasteiger partial charge < -0.3 is 14.2 Å². The lowest BCUT2D eigenvalue weighted by molar-refractivity contribution is -0.126. The second-order valence-corrected chi connectivity index (χ2v) is 7.09. The molecule has 2 atom stereocenters. The fraction of sp³-hybridized carbons (Fsp3) is 0.421. The second-order valence-electron chi connectivity index (χ2n) is 7.09. The van der Waals surface area contributed by atoms with E-state index in [0.29, 0.717) is 25.4 Å². The number of likely N-dealkylation sites (tertiary alicyclic amines) is 1. The van der Waals surface area contributed by atoms with Crippen molar-refractivity contribution in [2.24, 2.45) is 11.3 Å². The minimum absolute atomic E-state index is 0.0967. The van der Waals surface area contributed by atoms with Crippen molar-refractivity contribution in [3.05, 3.63) is 48.2 Å². The average Bonchev–Trinajstić information content (AvgIpc) is 3.28. The number of carbonyl (C=O) groups excluding carboxylic acids is 2. The fourth-order valence-corrected chi connectivity index (χ4v) is 4.11. The lowest BCUT2D eigenvalue weighted by atomic mass is 9.78. The molecule has 0 saturated carbocycles. The Labute approximate surface area is 146 Å². The summed E-state index contributed by atoms with van der Waals surface area (Å²) in [6.07, 6.45) is 5.70. The van der Waals surface area contributed by atoms with Crippen LogP contribution in [0.2, 0.25) is 0 Å². The molecular weight excluding hydrogens is 318 g/mol. The van der Waals surface area contributed by atoms with Crippen LogP contribution in [0.25, 0.3) is 0 Å². The highest BCUT2D eigenvalue weighted by Gasteiger charge is 2.56. The van der Waals surface area contributed by atoms with Gasteiger partial charge in [0.15, 0.2) is 5.76 Å². The second kappa shape index (κ2) is 5.72. The first-order valence-corrected chi connectivity index (χ1v) is 8.58. The third kappa shape index (κ3) is 2.35. The van der Waals surface area contributed by atoms with E-state index in [9.17, 15) is 9.59 Å². The highest BCUT2D eigenvalue weighted by atomic mass is 16.3. The van der Waals surface area contributed by atoms with Gasteiger partial charge in [-0.15, -0.1) is 0 Å². The Morgan fingerprint density at radius 3 is 2.92 bits per heavy atom. The van der Waals surface area contributed by atoms with Crippen molar-refractivity contribution in [1.82, 2.24) is 9.88 Å². The molecule has 1 spiro atoms. The summed E-state index contributed by atoms with van der Waals surface area (Å²) in [5.41, 5.74) is 1.14. The first-order chi connectivity index (χ1) is 12.0. The number of aryl methyl sites for hydroxylation is 1. The lowest BCUT2D eigenvalue weighted by Crippen LogP contribution is -2.40. The summed E-state index contributed by atoms with van der Waals surface area (Å²) < 4.78 is 5.35. The molecule has 2 aliphatic heterocycles. The molecule has 4 rings (SSSR count). The largest absolute Gasteiger partial charge is 0.459 e. The van der Waals surface area contributed by atoms with E-state index in [0.717, 1.165) is 17.7 Å². The molecule has 2 amide bonds. The predicted octanol–water partition coefficient (Wildman–Crippen LogP) is 2.50. The first kappa shape index (κ1) is 15.9. The van der Waals surface area contributed by atoms with Crippen molar-refractivity contribution in [3.8, 4) is 0 Å². The van der Waals surface area contributed by atoms with Crippen LogP contribution in [-0.2, 0) is 4.79 Å². The minimum Gasteiger partial charge on any atom is -0.459 e. The van der Waals surface area contributed by atoms with Gasteiger partial charge in [-0.2, -0.15) is 0 Å². The Morgan fingerprint density at radius 1 is 1.40 bits per heavy atom. The van der Waals surface area contributed by atoms with Crippen LogP contribution in [0, 0.1) is 18.3 Å². The normalized spacial score (nSPS) is 26.0. The molecule has 0 aromatic carbocycles. The summed E-state index contributed by atoms with van der Waals surface area (Å²) >= 11 is 0. The maximum Gasteiger partial charge on any atom is 0.289 e. The zero-order chi connectivity index (χ0) is 17.6. The van der Waals surface area contributed by atoms with Gasteiger partial charge in [0.1, 0.15) is 0 Å². The van der Waals surface area contributed by atoms with Crippen molar-refractivity contribution >= 4 is 17.5 Å². The number of anilines is 1. The molecule has 25 heavy (non-hydrogen) atoms. The molecular formula is C19H21N3O3. The van der Waals surface area contributed by atoms with Crippen molar-refractivity contribution in [1.29, 1.82) is 0 Å². The molecule has 6 heteroatoms. The summed E-state index contributed by atoms with van der Waals surface area (Å²) in [6, 6.07) is 5.52. The fourth-order valence-electron chi connectivity index (χ4n) is 4.11. The minimum atomic E-state index is -0.508. The molecule has 2 aromatic rings. The molecule has 2 aromatic heterocycles. The zero-order valence-electron chi connectivity index (χ0n) is 14.4. The van der Waals surface area contributed by atoms with E-state index in [1.807, 2.05) is 19.1 Å². The van der Waals surface area contributed by atoms with Gasteiger partial charge in [-0.3, -0.25) is 14.6 Å². The number of aromatic nitrogens is 1. The summed E-state index contributed by atoms with van der Waals surface area (Å²) in [6.45, 7) is 5.61. The lowest BCUT2D eigenvalue weighted by Gasteiger charge is -2.26. The highest BCUT2D eigenvalue weighted by Crippen LogP contribution is 2.46. The number of furan rings is 1. The van der Waals surface area contributed by atoms with E-state index in [4.69, 9.17) is 4.42 Å². The average molecular weight is 339 g/mol. The number of rotatable bonds is 2. The monoisotopic (exact) mass is 339 g/mol. The first-order valence-electron chi connectivity index (χ1n) is 8.58. The third-order valence-corrected chi connectivity index (χ3v) is 5.66. The summed E-state index contributed by atoms with van der Waals surface area (Å²) in [5.74, 6) is 0.457. The Hall–Kier alpha value is -2.63. The van der Waals surface area contributed by atoms with Crippen LogP contribution in [0.15, 0.2) is 41.3 Å². The molecule has 6 nitrogen and oxygen atoms in total. The standard InChI is InChI=1S/C19H21N3O3/c1-13-5-9-25-16(13)17(23)21-11-14(2)19(12-21)6-8-22(18(19)24)15-4-3-7-20-10-15/h3-5,7,9-10,14H,6,8,11-12H2,1-2H3/t14-,19-/m1/s1. The van der Waals surface area contributed by atoms with Gasteiger partial charge in [-0.1, -0.05) is 6.92 Å². The summed E-state index contributed by atoms with van der Waals surface area (Å²) in [7, 11) is 0. The third-order valence-electron chi connectivity index (χ3n) is 5.66. The van der Waals surface area contributed by atoms with Gasteiger partial charge in [-0.25, -0.2) is 0 Å². The number of carbonyl (C=O) groups is 2.